The van der Waals surface area contributed by atoms with Crippen molar-refractivity contribution in [3.63, 3.8) is 0 Å². The molecule has 3 rings (SSSR count). The molecule has 0 radical (unpaired) electrons. The van der Waals surface area contributed by atoms with Crippen LogP contribution in [-0.2, 0) is 0 Å². The summed E-state index contributed by atoms with van der Waals surface area (Å²) in [5.74, 6) is -1.32. The summed E-state index contributed by atoms with van der Waals surface area (Å²) in [6, 6.07) is 1.87. The first-order valence-electron chi connectivity index (χ1n) is 6.82. The van der Waals surface area contributed by atoms with E-state index in [-0.39, 0.29) is 28.5 Å². The molecule has 0 spiro atoms. The number of hydrogen-bond acceptors (Lipinski definition) is 5. The van der Waals surface area contributed by atoms with Gasteiger partial charge in [-0.25, -0.2) is 13.8 Å². The molecule has 5 nitrogen and oxygen atoms in total. The van der Waals surface area contributed by atoms with Gasteiger partial charge in [0.2, 0.25) is 5.28 Å². The SMILES string of the molecule is OC[C@@]1(O)CCCN(c2nc(Cl)nc3c(F)cc(F)cc23)C1. The van der Waals surface area contributed by atoms with E-state index in [1.807, 2.05) is 0 Å². The molecule has 2 N–H and O–H groups in total. The van der Waals surface area contributed by atoms with Crippen LogP contribution in [0.25, 0.3) is 10.9 Å². The molecule has 1 aromatic heterocycles. The van der Waals surface area contributed by atoms with Gasteiger partial charge in [-0.1, -0.05) is 0 Å². The van der Waals surface area contributed by atoms with Gasteiger partial charge in [0.25, 0.3) is 0 Å². The Balaban J connectivity index is 2.14. The number of halogens is 3. The molecule has 1 aliphatic heterocycles. The van der Waals surface area contributed by atoms with Gasteiger partial charge < -0.3 is 15.1 Å². The molecule has 1 atom stereocenters. The van der Waals surface area contributed by atoms with Gasteiger partial charge in [-0.3, -0.25) is 0 Å². The van der Waals surface area contributed by atoms with Gasteiger partial charge in [0.15, 0.2) is 5.82 Å². The van der Waals surface area contributed by atoms with Crippen LogP contribution in [0.15, 0.2) is 12.1 Å². The summed E-state index contributed by atoms with van der Waals surface area (Å²) in [5.41, 5.74) is -1.34. The number of aliphatic hydroxyl groups is 2. The minimum atomic E-state index is -1.27. The molecule has 2 aromatic rings. The normalized spacial score (nSPS) is 22.3. The molecule has 0 amide bonds. The summed E-state index contributed by atoms with van der Waals surface area (Å²) in [4.78, 5) is 9.52. The van der Waals surface area contributed by atoms with Gasteiger partial charge in [0.05, 0.1) is 13.2 Å². The van der Waals surface area contributed by atoms with E-state index in [0.29, 0.717) is 19.4 Å². The second kappa shape index (κ2) is 5.57. The number of aromatic nitrogens is 2. The first-order valence-corrected chi connectivity index (χ1v) is 7.20. The van der Waals surface area contributed by atoms with Crippen molar-refractivity contribution in [3.05, 3.63) is 29.1 Å². The van der Waals surface area contributed by atoms with Gasteiger partial charge in [0, 0.05) is 18.0 Å². The van der Waals surface area contributed by atoms with Crippen LogP contribution in [0.5, 0.6) is 0 Å². The first kappa shape index (κ1) is 15.3. The third-order valence-corrected chi connectivity index (χ3v) is 3.99. The highest BCUT2D eigenvalue weighted by atomic mass is 35.5. The van der Waals surface area contributed by atoms with Gasteiger partial charge in [-0.05, 0) is 30.5 Å². The predicted molar refractivity (Wildman–Crippen MR) is 77.9 cm³/mol. The van der Waals surface area contributed by atoms with E-state index in [0.717, 1.165) is 12.1 Å². The maximum absolute atomic E-state index is 13.9. The molecule has 22 heavy (non-hydrogen) atoms. The fraction of sp³-hybridized carbons (Fsp3) is 0.429. The lowest BCUT2D eigenvalue weighted by atomic mass is 9.93. The van der Waals surface area contributed by atoms with Crippen LogP contribution < -0.4 is 4.90 Å². The molecule has 0 saturated carbocycles. The number of rotatable bonds is 2. The van der Waals surface area contributed by atoms with Gasteiger partial charge in [-0.2, -0.15) is 4.98 Å². The standard InChI is InChI=1S/C14H14ClF2N3O2/c15-13-18-11-9(4-8(16)5-10(11)17)12(19-13)20-3-1-2-14(22,6-20)7-21/h4-5,21-22H,1-3,6-7H2/t14-/m1/s1. The van der Waals surface area contributed by atoms with Crippen molar-refractivity contribution >= 4 is 28.3 Å². The van der Waals surface area contributed by atoms with E-state index in [9.17, 15) is 19.0 Å². The summed E-state index contributed by atoms with van der Waals surface area (Å²) < 4.78 is 27.4. The zero-order chi connectivity index (χ0) is 15.9. The van der Waals surface area contributed by atoms with Gasteiger partial charge in [0.1, 0.15) is 22.8 Å². The number of anilines is 1. The van der Waals surface area contributed by atoms with E-state index < -0.39 is 23.8 Å². The van der Waals surface area contributed by atoms with E-state index >= 15 is 0 Å². The Morgan fingerprint density at radius 3 is 2.82 bits per heavy atom. The van der Waals surface area contributed by atoms with E-state index in [1.165, 1.54) is 0 Å². The maximum atomic E-state index is 13.9. The Morgan fingerprint density at radius 1 is 1.32 bits per heavy atom. The number of piperidine rings is 1. The van der Waals surface area contributed by atoms with Crippen LogP contribution in [0.4, 0.5) is 14.6 Å². The third kappa shape index (κ3) is 2.71. The quantitative estimate of drug-likeness (QED) is 0.823. The van der Waals surface area contributed by atoms with Crippen molar-refractivity contribution in [2.45, 2.75) is 18.4 Å². The van der Waals surface area contributed by atoms with Crippen molar-refractivity contribution in [1.82, 2.24) is 9.97 Å². The molecule has 0 bridgehead atoms. The molecular weight excluding hydrogens is 316 g/mol. The van der Waals surface area contributed by atoms with E-state index in [1.54, 1.807) is 4.90 Å². The van der Waals surface area contributed by atoms with Crippen molar-refractivity contribution in [2.24, 2.45) is 0 Å². The van der Waals surface area contributed by atoms with Crippen LogP contribution >= 0.6 is 11.6 Å². The Hall–Kier alpha value is -1.57. The average Bonchev–Trinajstić information content (AvgIpc) is 2.47. The molecule has 0 aliphatic carbocycles. The van der Waals surface area contributed by atoms with Crippen LogP contribution in [0.2, 0.25) is 5.28 Å². The number of nitrogens with zero attached hydrogens (tertiary/aromatic N) is 3. The second-order valence-electron chi connectivity index (χ2n) is 5.51. The average molecular weight is 330 g/mol. The Bertz CT molecular complexity index is 731. The van der Waals surface area contributed by atoms with Crippen LogP contribution in [-0.4, -0.2) is 45.5 Å². The maximum Gasteiger partial charge on any atom is 0.225 e. The van der Waals surface area contributed by atoms with Crippen molar-refractivity contribution in [3.8, 4) is 0 Å². The topological polar surface area (TPSA) is 69.5 Å². The molecule has 1 aliphatic rings. The molecule has 1 fully saturated rings. The molecular formula is C14H14ClF2N3O2. The molecule has 2 heterocycles. The zero-order valence-corrected chi connectivity index (χ0v) is 12.3. The number of aliphatic hydroxyl groups excluding tert-OH is 1. The van der Waals surface area contributed by atoms with Gasteiger partial charge >= 0.3 is 0 Å². The van der Waals surface area contributed by atoms with Crippen molar-refractivity contribution < 1.29 is 19.0 Å². The summed E-state index contributed by atoms with van der Waals surface area (Å²) in [6.45, 7) is 0.232. The zero-order valence-electron chi connectivity index (χ0n) is 11.6. The highest BCUT2D eigenvalue weighted by Gasteiger charge is 2.34. The summed E-state index contributed by atoms with van der Waals surface area (Å²) in [6.07, 6.45) is 1.05. The number of benzene rings is 1. The Morgan fingerprint density at radius 2 is 2.09 bits per heavy atom. The third-order valence-electron chi connectivity index (χ3n) is 3.82. The molecule has 118 valence electrons. The fourth-order valence-corrected chi connectivity index (χ4v) is 2.94. The van der Waals surface area contributed by atoms with E-state index in [2.05, 4.69) is 9.97 Å². The highest BCUT2D eigenvalue weighted by Crippen LogP contribution is 2.32. The Kier molecular flexibility index (Phi) is 3.88. The first-order chi connectivity index (χ1) is 10.4. The number of β-amino-alcohol motifs (C(OH)–C–C–N with tert-alkyl or cyclic N) is 1. The molecule has 1 aromatic carbocycles. The molecule has 8 heteroatoms. The Labute approximate surface area is 130 Å². The summed E-state index contributed by atoms with van der Waals surface area (Å²) in [5, 5.41) is 19.6. The van der Waals surface area contributed by atoms with Crippen molar-refractivity contribution in [1.29, 1.82) is 0 Å². The minimum Gasteiger partial charge on any atom is -0.393 e. The minimum absolute atomic E-state index is 0.0745. The molecule has 0 unspecified atom stereocenters. The number of hydrogen-bond donors (Lipinski definition) is 2. The predicted octanol–water partition coefficient (Wildman–Crippen LogP) is 1.88. The number of fused-ring (bicyclic) bond motifs is 1. The second-order valence-corrected chi connectivity index (χ2v) is 5.85. The largest absolute Gasteiger partial charge is 0.393 e. The van der Waals surface area contributed by atoms with E-state index in [4.69, 9.17) is 11.6 Å². The smallest absolute Gasteiger partial charge is 0.225 e. The summed E-state index contributed by atoms with van der Waals surface area (Å²) in [7, 11) is 0. The summed E-state index contributed by atoms with van der Waals surface area (Å²) >= 11 is 5.84. The van der Waals surface area contributed by atoms with Crippen LogP contribution in [0.3, 0.4) is 0 Å². The lowest BCUT2D eigenvalue weighted by Crippen LogP contribution is -2.50. The molecule has 1 saturated heterocycles. The fourth-order valence-electron chi connectivity index (χ4n) is 2.78. The van der Waals surface area contributed by atoms with Crippen LogP contribution in [0.1, 0.15) is 12.8 Å². The van der Waals surface area contributed by atoms with Gasteiger partial charge in [-0.15, -0.1) is 0 Å². The lowest BCUT2D eigenvalue weighted by Gasteiger charge is -2.39. The van der Waals surface area contributed by atoms with Crippen molar-refractivity contribution in [2.75, 3.05) is 24.6 Å². The highest BCUT2D eigenvalue weighted by molar-refractivity contribution is 6.28. The lowest BCUT2D eigenvalue weighted by molar-refractivity contribution is -0.0242. The van der Waals surface area contributed by atoms with Crippen LogP contribution in [0, 0.1) is 11.6 Å². The monoisotopic (exact) mass is 329 g/mol.